The molecule has 3 rings (SSSR count). The lowest BCUT2D eigenvalue weighted by molar-refractivity contribution is 0.409. The summed E-state index contributed by atoms with van der Waals surface area (Å²) in [5, 5.41) is 3.49. The molecule has 25 heavy (non-hydrogen) atoms. The lowest BCUT2D eigenvalue weighted by atomic mass is 10.1. The Morgan fingerprint density at radius 1 is 1.24 bits per heavy atom. The standard InChI is InChI=1S/C20H25N3O.HI/c1-15-8-9-19(24-3)17(14-15)10-12-22-20(21-2)23-13-11-16-6-4-5-7-18(16)23;/h4-9,14H,10-13H2,1-3H3,(H,21,22);1H. The van der Waals surface area contributed by atoms with Crippen LogP contribution in [0.5, 0.6) is 5.75 Å². The maximum atomic E-state index is 5.46. The van der Waals surface area contributed by atoms with Gasteiger partial charge < -0.3 is 15.0 Å². The average molecular weight is 451 g/mol. The quantitative estimate of drug-likeness (QED) is 0.437. The molecule has 0 bridgehead atoms. The van der Waals surface area contributed by atoms with Crippen LogP contribution in [0.4, 0.5) is 5.69 Å². The van der Waals surface area contributed by atoms with Crippen LogP contribution in [-0.4, -0.2) is 33.2 Å². The van der Waals surface area contributed by atoms with Gasteiger partial charge in [0, 0.05) is 25.8 Å². The van der Waals surface area contributed by atoms with Crippen molar-refractivity contribution in [3.8, 4) is 5.75 Å². The molecule has 0 unspecified atom stereocenters. The number of aliphatic imine (C=N–C) groups is 1. The minimum absolute atomic E-state index is 0. The molecule has 1 aliphatic rings. The fourth-order valence-corrected chi connectivity index (χ4v) is 3.27. The Labute approximate surface area is 167 Å². The molecule has 5 heteroatoms. The number of ether oxygens (including phenoxy) is 1. The second-order valence-electron chi connectivity index (χ2n) is 6.07. The third-order valence-electron chi connectivity index (χ3n) is 4.47. The van der Waals surface area contributed by atoms with E-state index in [0.29, 0.717) is 0 Å². The van der Waals surface area contributed by atoms with Crippen LogP contribution in [0.25, 0.3) is 0 Å². The van der Waals surface area contributed by atoms with Gasteiger partial charge in [-0.15, -0.1) is 24.0 Å². The van der Waals surface area contributed by atoms with Gasteiger partial charge in [0.2, 0.25) is 0 Å². The molecular formula is C20H26IN3O. The van der Waals surface area contributed by atoms with Crippen LogP contribution in [0, 0.1) is 6.92 Å². The summed E-state index contributed by atoms with van der Waals surface area (Å²) in [7, 11) is 3.57. The number of anilines is 1. The van der Waals surface area contributed by atoms with Gasteiger partial charge in [-0.25, -0.2) is 0 Å². The molecule has 0 atom stereocenters. The van der Waals surface area contributed by atoms with Gasteiger partial charge in [0.1, 0.15) is 5.75 Å². The van der Waals surface area contributed by atoms with Gasteiger partial charge in [-0.3, -0.25) is 4.99 Å². The normalized spacial score (nSPS) is 13.2. The number of hydrogen-bond donors (Lipinski definition) is 1. The number of fused-ring (bicyclic) bond motifs is 1. The fourth-order valence-electron chi connectivity index (χ4n) is 3.27. The molecule has 2 aromatic rings. The van der Waals surface area contributed by atoms with Crippen LogP contribution < -0.4 is 15.0 Å². The highest BCUT2D eigenvalue weighted by Crippen LogP contribution is 2.27. The number of hydrogen-bond acceptors (Lipinski definition) is 2. The number of methoxy groups -OCH3 is 1. The summed E-state index contributed by atoms with van der Waals surface area (Å²) in [6.07, 6.45) is 1.97. The molecule has 0 fully saturated rings. The Morgan fingerprint density at radius 2 is 2.04 bits per heavy atom. The molecule has 1 heterocycles. The first-order chi connectivity index (χ1) is 11.7. The zero-order chi connectivity index (χ0) is 16.9. The minimum atomic E-state index is 0. The smallest absolute Gasteiger partial charge is 0.198 e. The molecule has 0 aromatic heterocycles. The molecule has 2 aromatic carbocycles. The SMILES string of the molecule is CN=C(NCCc1cc(C)ccc1OC)N1CCc2ccccc21.I. The lowest BCUT2D eigenvalue weighted by Gasteiger charge is -2.22. The zero-order valence-corrected chi connectivity index (χ0v) is 17.4. The van der Waals surface area contributed by atoms with Gasteiger partial charge in [0.15, 0.2) is 5.96 Å². The first kappa shape index (κ1) is 19.6. The summed E-state index contributed by atoms with van der Waals surface area (Å²) in [5.74, 6) is 1.88. The highest BCUT2D eigenvalue weighted by atomic mass is 127. The molecular weight excluding hydrogens is 425 g/mol. The maximum Gasteiger partial charge on any atom is 0.198 e. The molecule has 4 nitrogen and oxygen atoms in total. The van der Waals surface area contributed by atoms with E-state index in [1.807, 2.05) is 13.1 Å². The summed E-state index contributed by atoms with van der Waals surface area (Å²) in [6.45, 7) is 3.91. The number of para-hydroxylation sites is 1. The van der Waals surface area contributed by atoms with Crippen LogP contribution >= 0.6 is 24.0 Å². The predicted octanol–water partition coefficient (Wildman–Crippen LogP) is 3.80. The molecule has 1 aliphatic heterocycles. The third-order valence-corrected chi connectivity index (χ3v) is 4.47. The van der Waals surface area contributed by atoms with Crippen molar-refractivity contribution >= 4 is 35.6 Å². The Kier molecular flexibility index (Phi) is 7.11. The van der Waals surface area contributed by atoms with Crippen LogP contribution in [0.2, 0.25) is 0 Å². The van der Waals surface area contributed by atoms with Gasteiger partial charge >= 0.3 is 0 Å². The Bertz CT molecular complexity index is 745. The first-order valence-corrected chi connectivity index (χ1v) is 8.42. The lowest BCUT2D eigenvalue weighted by Crippen LogP contribution is -2.41. The monoisotopic (exact) mass is 451 g/mol. The van der Waals surface area contributed by atoms with Gasteiger partial charge in [0.25, 0.3) is 0 Å². The minimum Gasteiger partial charge on any atom is -0.496 e. The third kappa shape index (κ3) is 4.45. The van der Waals surface area contributed by atoms with E-state index >= 15 is 0 Å². The second kappa shape index (κ2) is 9.08. The Hall–Kier alpha value is -1.76. The number of rotatable bonds is 4. The topological polar surface area (TPSA) is 36.9 Å². The van der Waals surface area contributed by atoms with E-state index < -0.39 is 0 Å². The summed E-state index contributed by atoms with van der Waals surface area (Å²) in [4.78, 5) is 6.73. The van der Waals surface area contributed by atoms with Crippen molar-refractivity contribution in [2.24, 2.45) is 4.99 Å². The van der Waals surface area contributed by atoms with Crippen LogP contribution in [0.3, 0.4) is 0 Å². The number of guanidine groups is 1. The van der Waals surface area contributed by atoms with E-state index in [0.717, 1.165) is 37.6 Å². The van der Waals surface area contributed by atoms with E-state index in [4.69, 9.17) is 4.74 Å². The van der Waals surface area contributed by atoms with Gasteiger partial charge in [-0.2, -0.15) is 0 Å². The molecule has 134 valence electrons. The van der Waals surface area contributed by atoms with Gasteiger partial charge in [-0.1, -0.05) is 35.9 Å². The molecule has 0 spiro atoms. The van der Waals surface area contributed by atoms with Crippen molar-refractivity contribution in [1.82, 2.24) is 5.32 Å². The van der Waals surface area contributed by atoms with E-state index in [-0.39, 0.29) is 24.0 Å². The fraction of sp³-hybridized carbons (Fsp3) is 0.350. The molecule has 0 aliphatic carbocycles. The Morgan fingerprint density at radius 3 is 2.80 bits per heavy atom. The van der Waals surface area contributed by atoms with Gasteiger partial charge in [-0.05, 0) is 43.0 Å². The molecule has 0 radical (unpaired) electrons. The number of nitrogens with zero attached hydrogens (tertiary/aromatic N) is 2. The van der Waals surface area contributed by atoms with E-state index in [1.165, 1.54) is 22.4 Å². The van der Waals surface area contributed by atoms with Crippen LogP contribution in [-0.2, 0) is 12.8 Å². The largest absolute Gasteiger partial charge is 0.496 e. The highest BCUT2D eigenvalue weighted by molar-refractivity contribution is 14.0. The van der Waals surface area contributed by atoms with Crippen molar-refractivity contribution in [2.75, 3.05) is 32.1 Å². The summed E-state index contributed by atoms with van der Waals surface area (Å²) >= 11 is 0. The average Bonchev–Trinajstić information content (AvgIpc) is 3.03. The van der Waals surface area contributed by atoms with E-state index in [9.17, 15) is 0 Å². The molecule has 1 N–H and O–H groups in total. The van der Waals surface area contributed by atoms with Crippen molar-refractivity contribution in [2.45, 2.75) is 19.8 Å². The summed E-state index contributed by atoms with van der Waals surface area (Å²) in [5.41, 5.74) is 5.13. The van der Waals surface area contributed by atoms with Crippen LogP contribution in [0.1, 0.15) is 16.7 Å². The number of benzene rings is 2. The number of nitrogens with one attached hydrogen (secondary N) is 1. The second-order valence-corrected chi connectivity index (χ2v) is 6.07. The maximum absolute atomic E-state index is 5.46. The van der Waals surface area contributed by atoms with Crippen molar-refractivity contribution < 1.29 is 4.74 Å². The first-order valence-electron chi connectivity index (χ1n) is 8.42. The number of halogens is 1. The van der Waals surface area contributed by atoms with E-state index in [1.54, 1.807) is 7.11 Å². The highest BCUT2D eigenvalue weighted by Gasteiger charge is 2.22. The molecule has 0 amide bonds. The number of aryl methyl sites for hydroxylation is 1. The molecule has 0 saturated heterocycles. The van der Waals surface area contributed by atoms with Gasteiger partial charge in [0.05, 0.1) is 7.11 Å². The zero-order valence-electron chi connectivity index (χ0n) is 15.1. The molecule has 0 saturated carbocycles. The summed E-state index contributed by atoms with van der Waals surface area (Å²) in [6, 6.07) is 14.9. The summed E-state index contributed by atoms with van der Waals surface area (Å²) < 4.78 is 5.46. The Balaban J connectivity index is 0.00000225. The predicted molar refractivity (Wildman–Crippen MR) is 116 cm³/mol. The van der Waals surface area contributed by atoms with E-state index in [2.05, 4.69) is 58.5 Å². The van der Waals surface area contributed by atoms with Crippen molar-refractivity contribution in [1.29, 1.82) is 0 Å². The van der Waals surface area contributed by atoms with Crippen LogP contribution in [0.15, 0.2) is 47.5 Å². The van der Waals surface area contributed by atoms with Crippen molar-refractivity contribution in [3.05, 3.63) is 59.2 Å². The van der Waals surface area contributed by atoms with Crippen molar-refractivity contribution in [3.63, 3.8) is 0 Å².